The molecule has 1 amide bonds. The van der Waals surface area contributed by atoms with Crippen molar-refractivity contribution < 1.29 is 22.0 Å². The van der Waals surface area contributed by atoms with Crippen LogP contribution < -0.4 is 5.32 Å². The van der Waals surface area contributed by atoms with Gasteiger partial charge in [0, 0.05) is 6.54 Å². The molecule has 2 aromatic rings. The molecule has 0 aromatic heterocycles. The molecule has 1 saturated heterocycles. The van der Waals surface area contributed by atoms with E-state index in [4.69, 9.17) is 0 Å². The number of benzene rings is 2. The van der Waals surface area contributed by atoms with Gasteiger partial charge >= 0.3 is 0 Å². The molecular weight excluding hydrogens is 386 g/mol. The second kappa shape index (κ2) is 8.36. The SMILES string of the molecule is CC(NC(=O)C1CCCCN1S(=O)(=O)c1ccccc1)c1ccc(F)c(F)c1. The van der Waals surface area contributed by atoms with Crippen molar-refractivity contribution in [3.63, 3.8) is 0 Å². The maximum Gasteiger partial charge on any atom is 0.243 e. The van der Waals surface area contributed by atoms with Crippen LogP contribution in [0, 0.1) is 11.6 Å². The summed E-state index contributed by atoms with van der Waals surface area (Å²) >= 11 is 0. The predicted molar refractivity (Wildman–Crippen MR) is 101 cm³/mol. The average molecular weight is 408 g/mol. The molecule has 3 rings (SSSR count). The molecule has 1 aliphatic heterocycles. The molecule has 150 valence electrons. The highest BCUT2D eigenvalue weighted by Crippen LogP contribution is 2.26. The number of sulfonamides is 1. The van der Waals surface area contributed by atoms with Crippen LogP contribution in [0.25, 0.3) is 0 Å². The van der Waals surface area contributed by atoms with Crippen molar-refractivity contribution in [1.82, 2.24) is 9.62 Å². The third kappa shape index (κ3) is 4.23. The normalized spacial score (nSPS) is 19.2. The summed E-state index contributed by atoms with van der Waals surface area (Å²) in [5, 5.41) is 2.73. The molecule has 2 unspecified atom stereocenters. The van der Waals surface area contributed by atoms with E-state index in [9.17, 15) is 22.0 Å². The second-order valence-electron chi connectivity index (χ2n) is 6.84. The molecule has 5 nitrogen and oxygen atoms in total. The minimum Gasteiger partial charge on any atom is -0.348 e. The Balaban J connectivity index is 1.79. The molecule has 0 saturated carbocycles. The molecule has 28 heavy (non-hydrogen) atoms. The van der Waals surface area contributed by atoms with Gasteiger partial charge in [-0.15, -0.1) is 0 Å². The Hall–Kier alpha value is -2.32. The average Bonchev–Trinajstić information content (AvgIpc) is 2.70. The van der Waals surface area contributed by atoms with Crippen LogP contribution in [0.1, 0.15) is 37.8 Å². The highest BCUT2D eigenvalue weighted by Gasteiger charge is 2.37. The van der Waals surface area contributed by atoms with Gasteiger partial charge in [0.1, 0.15) is 6.04 Å². The number of halogens is 2. The van der Waals surface area contributed by atoms with Gasteiger partial charge in [0.2, 0.25) is 15.9 Å². The zero-order valence-corrected chi connectivity index (χ0v) is 16.3. The number of carbonyl (C=O) groups excluding carboxylic acids is 1. The van der Waals surface area contributed by atoms with Crippen molar-refractivity contribution >= 4 is 15.9 Å². The van der Waals surface area contributed by atoms with Crippen LogP contribution in [-0.4, -0.2) is 31.2 Å². The first-order chi connectivity index (χ1) is 13.3. The Morgan fingerprint density at radius 3 is 2.50 bits per heavy atom. The summed E-state index contributed by atoms with van der Waals surface area (Å²) in [4.78, 5) is 13.0. The fourth-order valence-corrected chi connectivity index (χ4v) is 5.03. The van der Waals surface area contributed by atoms with Crippen LogP contribution in [0.2, 0.25) is 0 Å². The summed E-state index contributed by atoms with van der Waals surface area (Å²) in [5.74, 6) is -2.41. The van der Waals surface area contributed by atoms with E-state index in [1.807, 2.05) is 0 Å². The van der Waals surface area contributed by atoms with Gasteiger partial charge in [0.25, 0.3) is 0 Å². The van der Waals surface area contributed by atoms with Crippen LogP contribution in [0.3, 0.4) is 0 Å². The molecule has 0 spiro atoms. The van der Waals surface area contributed by atoms with Gasteiger partial charge in [-0.05, 0) is 49.6 Å². The summed E-state index contributed by atoms with van der Waals surface area (Å²) in [6.07, 6.45) is 1.81. The van der Waals surface area contributed by atoms with Crippen LogP contribution in [-0.2, 0) is 14.8 Å². The van der Waals surface area contributed by atoms with E-state index >= 15 is 0 Å². The second-order valence-corrected chi connectivity index (χ2v) is 8.73. The van der Waals surface area contributed by atoms with Crippen LogP contribution in [0.15, 0.2) is 53.4 Å². The number of amides is 1. The Bertz CT molecular complexity index is 951. The van der Waals surface area contributed by atoms with E-state index in [-0.39, 0.29) is 11.4 Å². The zero-order valence-electron chi connectivity index (χ0n) is 15.4. The number of hydrogen-bond donors (Lipinski definition) is 1. The Morgan fingerprint density at radius 2 is 1.82 bits per heavy atom. The summed E-state index contributed by atoms with van der Waals surface area (Å²) in [6, 6.07) is 9.99. The molecule has 8 heteroatoms. The van der Waals surface area contributed by atoms with Crippen molar-refractivity contribution in [3.05, 3.63) is 65.7 Å². The van der Waals surface area contributed by atoms with E-state index in [2.05, 4.69) is 5.32 Å². The molecule has 2 atom stereocenters. The fraction of sp³-hybridized carbons (Fsp3) is 0.350. The molecule has 1 N–H and O–H groups in total. The van der Waals surface area contributed by atoms with Crippen LogP contribution in [0.4, 0.5) is 8.78 Å². The zero-order chi connectivity index (χ0) is 20.3. The van der Waals surface area contributed by atoms with Gasteiger partial charge in [0.05, 0.1) is 10.9 Å². The lowest BCUT2D eigenvalue weighted by atomic mass is 10.0. The van der Waals surface area contributed by atoms with Crippen molar-refractivity contribution in [2.75, 3.05) is 6.54 Å². The van der Waals surface area contributed by atoms with Crippen molar-refractivity contribution in [1.29, 1.82) is 0 Å². The molecule has 2 aromatic carbocycles. The lowest BCUT2D eigenvalue weighted by molar-refractivity contribution is -0.126. The van der Waals surface area contributed by atoms with E-state index in [1.54, 1.807) is 25.1 Å². The smallest absolute Gasteiger partial charge is 0.243 e. The highest BCUT2D eigenvalue weighted by molar-refractivity contribution is 7.89. The quantitative estimate of drug-likeness (QED) is 0.825. The standard InChI is InChI=1S/C20H22F2N2O3S/c1-14(15-10-11-17(21)18(22)13-15)23-20(25)19-9-5-6-12-24(19)28(26,27)16-7-3-2-4-8-16/h2-4,7-8,10-11,13-14,19H,5-6,9,12H2,1H3,(H,23,25). The molecule has 1 aliphatic rings. The van der Waals surface area contributed by atoms with Crippen molar-refractivity contribution in [3.8, 4) is 0 Å². The van der Waals surface area contributed by atoms with E-state index < -0.39 is 39.6 Å². The molecule has 0 bridgehead atoms. The summed E-state index contributed by atoms with van der Waals surface area (Å²) < 4.78 is 53.8. The number of piperidine rings is 1. The van der Waals surface area contributed by atoms with Gasteiger partial charge in [-0.1, -0.05) is 30.7 Å². The number of rotatable bonds is 5. The van der Waals surface area contributed by atoms with Gasteiger partial charge in [-0.25, -0.2) is 17.2 Å². The first-order valence-electron chi connectivity index (χ1n) is 9.13. The van der Waals surface area contributed by atoms with E-state index in [0.29, 0.717) is 18.4 Å². The summed E-state index contributed by atoms with van der Waals surface area (Å²) in [7, 11) is -3.81. The third-order valence-corrected chi connectivity index (χ3v) is 6.83. The maximum absolute atomic E-state index is 13.5. The Morgan fingerprint density at radius 1 is 1.11 bits per heavy atom. The Labute approximate surface area is 163 Å². The van der Waals surface area contributed by atoms with Gasteiger partial charge in [0.15, 0.2) is 11.6 Å². The number of hydrogen-bond acceptors (Lipinski definition) is 3. The number of carbonyl (C=O) groups is 1. The molecule has 0 aliphatic carbocycles. The van der Waals surface area contributed by atoms with E-state index in [1.165, 1.54) is 22.5 Å². The monoisotopic (exact) mass is 408 g/mol. The topological polar surface area (TPSA) is 66.5 Å². The third-order valence-electron chi connectivity index (χ3n) is 4.91. The molecule has 1 heterocycles. The lowest BCUT2D eigenvalue weighted by Gasteiger charge is -2.34. The fourth-order valence-electron chi connectivity index (χ4n) is 3.36. The van der Waals surface area contributed by atoms with E-state index in [0.717, 1.165) is 18.6 Å². The molecular formula is C20H22F2N2O3S. The summed E-state index contributed by atoms with van der Waals surface area (Å²) in [5.41, 5.74) is 0.403. The van der Waals surface area contributed by atoms with Crippen LogP contribution >= 0.6 is 0 Å². The van der Waals surface area contributed by atoms with Crippen LogP contribution in [0.5, 0.6) is 0 Å². The minimum atomic E-state index is -3.81. The highest BCUT2D eigenvalue weighted by atomic mass is 32.2. The van der Waals surface area contributed by atoms with Gasteiger partial charge in [-0.3, -0.25) is 4.79 Å². The first-order valence-corrected chi connectivity index (χ1v) is 10.6. The van der Waals surface area contributed by atoms with Crippen molar-refractivity contribution in [2.24, 2.45) is 0 Å². The first kappa shape index (κ1) is 20.4. The summed E-state index contributed by atoms with van der Waals surface area (Å²) in [6.45, 7) is 1.90. The van der Waals surface area contributed by atoms with Gasteiger partial charge in [-0.2, -0.15) is 4.31 Å². The minimum absolute atomic E-state index is 0.142. The number of nitrogens with zero attached hydrogens (tertiary/aromatic N) is 1. The Kier molecular flexibility index (Phi) is 6.10. The van der Waals surface area contributed by atoms with Crippen molar-refractivity contribution in [2.45, 2.75) is 43.2 Å². The largest absolute Gasteiger partial charge is 0.348 e. The molecule has 0 radical (unpaired) electrons. The lowest BCUT2D eigenvalue weighted by Crippen LogP contribution is -2.52. The maximum atomic E-state index is 13.5. The molecule has 1 fully saturated rings. The van der Waals surface area contributed by atoms with Gasteiger partial charge < -0.3 is 5.32 Å². The predicted octanol–water partition coefficient (Wildman–Crippen LogP) is 3.39. The number of nitrogens with one attached hydrogen (secondary N) is 1.